The van der Waals surface area contributed by atoms with Crippen LogP contribution in [-0.2, 0) is 6.42 Å². The second-order valence-corrected chi connectivity index (χ2v) is 7.18. The van der Waals surface area contributed by atoms with Crippen molar-refractivity contribution < 1.29 is 4.79 Å². The number of benzene rings is 1. The molecule has 3 N–H and O–H groups in total. The highest BCUT2D eigenvalue weighted by atomic mass is 79.9. The monoisotopic (exact) mass is 389 g/mol. The summed E-state index contributed by atoms with van der Waals surface area (Å²) in [5.41, 5.74) is 9.56. The minimum atomic E-state index is -0.201. The molecule has 0 spiro atoms. The van der Waals surface area contributed by atoms with Crippen LogP contribution in [0.2, 0.25) is 0 Å². The highest BCUT2D eigenvalue weighted by molar-refractivity contribution is 9.10. The third-order valence-electron chi connectivity index (χ3n) is 3.60. The predicted octanol–water partition coefficient (Wildman–Crippen LogP) is 4.76. The number of pyridine rings is 1. The summed E-state index contributed by atoms with van der Waals surface area (Å²) >= 11 is 4.72. The molecule has 23 heavy (non-hydrogen) atoms. The number of halogens is 1. The number of carbonyl (C=O) groups excluding carboxylic acids is 1. The van der Waals surface area contributed by atoms with Crippen LogP contribution < -0.4 is 11.1 Å². The first kappa shape index (κ1) is 16.0. The average molecular weight is 390 g/mol. The molecule has 1 aromatic carbocycles. The van der Waals surface area contributed by atoms with E-state index in [2.05, 4.69) is 33.2 Å². The zero-order valence-corrected chi connectivity index (χ0v) is 15.2. The second kappa shape index (κ2) is 6.29. The lowest BCUT2D eigenvalue weighted by Gasteiger charge is -2.05. The van der Waals surface area contributed by atoms with Gasteiger partial charge in [0, 0.05) is 21.2 Å². The predicted molar refractivity (Wildman–Crippen MR) is 100 cm³/mol. The number of nitrogens with two attached hydrogens (primary N) is 1. The largest absolute Gasteiger partial charge is 0.397 e. The molecular weight excluding hydrogens is 374 g/mol. The molecule has 6 heteroatoms. The lowest BCUT2D eigenvalue weighted by atomic mass is 10.1. The first-order valence-electron chi connectivity index (χ1n) is 7.25. The summed E-state index contributed by atoms with van der Waals surface area (Å²) in [5, 5.41) is 3.79. The number of thiophene rings is 1. The topological polar surface area (TPSA) is 68.0 Å². The zero-order valence-electron chi connectivity index (χ0n) is 12.8. The van der Waals surface area contributed by atoms with Crippen LogP contribution in [0.3, 0.4) is 0 Å². The number of nitrogen functional groups attached to an aromatic ring is 1. The molecule has 3 aromatic rings. The van der Waals surface area contributed by atoms with Gasteiger partial charge in [0.15, 0.2) is 0 Å². The Morgan fingerprint density at radius 1 is 1.35 bits per heavy atom. The summed E-state index contributed by atoms with van der Waals surface area (Å²) in [6, 6.07) is 9.46. The van der Waals surface area contributed by atoms with Gasteiger partial charge >= 0.3 is 0 Å². The fourth-order valence-corrected chi connectivity index (χ4v) is 3.85. The summed E-state index contributed by atoms with van der Waals surface area (Å²) in [6.07, 6.45) is 0.856. The number of fused-ring (bicyclic) bond motifs is 1. The van der Waals surface area contributed by atoms with Crippen molar-refractivity contribution in [3.8, 4) is 0 Å². The Morgan fingerprint density at radius 2 is 2.04 bits per heavy atom. The molecule has 0 bridgehead atoms. The lowest BCUT2D eigenvalue weighted by molar-refractivity contribution is 0.103. The van der Waals surface area contributed by atoms with Gasteiger partial charge in [-0.3, -0.25) is 4.79 Å². The van der Waals surface area contributed by atoms with Crippen molar-refractivity contribution in [2.24, 2.45) is 0 Å². The molecule has 2 aromatic heterocycles. The smallest absolute Gasteiger partial charge is 0.267 e. The van der Waals surface area contributed by atoms with Crippen LogP contribution in [0.1, 0.15) is 27.9 Å². The number of amides is 1. The standard InChI is InChI=1S/C17H16BrN3OS/c1-3-10-8-9(2)20-17-13(10)14(19)15(23-17)16(22)21-12-6-4-11(18)5-7-12/h4-8H,3,19H2,1-2H3,(H,21,22). The van der Waals surface area contributed by atoms with E-state index in [0.717, 1.165) is 38.1 Å². The van der Waals surface area contributed by atoms with Gasteiger partial charge in [0.2, 0.25) is 0 Å². The maximum atomic E-state index is 12.6. The second-order valence-electron chi connectivity index (χ2n) is 5.26. The number of hydrogen-bond acceptors (Lipinski definition) is 4. The maximum Gasteiger partial charge on any atom is 0.267 e. The van der Waals surface area contributed by atoms with Gasteiger partial charge in [-0.2, -0.15) is 0 Å². The van der Waals surface area contributed by atoms with E-state index < -0.39 is 0 Å². The van der Waals surface area contributed by atoms with E-state index >= 15 is 0 Å². The van der Waals surface area contributed by atoms with E-state index in [1.165, 1.54) is 11.3 Å². The molecule has 4 nitrogen and oxygen atoms in total. The van der Waals surface area contributed by atoms with Gasteiger partial charge in [-0.1, -0.05) is 22.9 Å². The average Bonchev–Trinajstić information content (AvgIpc) is 2.85. The molecule has 3 rings (SSSR count). The molecule has 0 unspecified atom stereocenters. The van der Waals surface area contributed by atoms with E-state index in [1.54, 1.807) is 0 Å². The van der Waals surface area contributed by atoms with Crippen LogP contribution in [0, 0.1) is 6.92 Å². The molecule has 2 heterocycles. The third-order valence-corrected chi connectivity index (χ3v) is 5.22. The van der Waals surface area contributed by atoms with E-state index in [9.17, 15) is 4.79 Å². The molecule has 1 amide bonds. The zero-order chi connectivity index (χ0) is 16.6. The SMILES string of the molecule is CCc1cc(C)nc2sc(C(=O)Nc3ccc(Br)cc3)c(N)c12. The summed E-state index contributed by atoms with van der Waals surface area (Å²) in [7, 11) is 0. The lowest BCUT2D eigenvalue weighted by Crippen LogP contribution is -2.11. The quantitative estimate of drug-likeness (QED) is 0.677. The highest BCUT2D eigenvalue weighted by Gasteiger charge is 2.19. The Hall–Kier alpha value is -1.92. The minimum Gasteiger partial charge on any atom is -0.397 e. The Morgan fingerprint density at radius 3 is 2.70 bits per heavy atom. The Balaban J connectivity index is 2.00. The number of nitrogens with zero attached hydrogens (tertiary/aromatic N) is 1. The molecule has 118 valence electrons. The van der Waals surface area contributed by atoms with Crippen molar-refractivity contribution in [2.75, 3.05) is 11.1 Å². The fourth-order valence-electron chi connectivity index (χ4n) is 2.51. The van der Waals surface area contributed by atoms with Gasteiger partial charge in [0.25, 0.3) is 5.91 Å². The van der Waals surface area contributed by atoms with Crippen molar-refractivity contribution in [1.82, 2.24) is 4.98 Å². The molecule has 0 saturated heterocycles. The number of hydrogen-bond donors (Lipinski definition) is 2. The molecule has 0 aliphatic heterocycles. The Bertz CT molecular complexity index is 887. The van der Waals surface area contributed by atoms with Crippen LogP contribution in [-0.4, -0.2) is 10.9 Å². The van der Waals surface area contributed by atoms with Crippen LogP contribution in [0.25, 0.3) is 10.2 Å². The first-order valence-corrected chi connectivity index (χ1v) is 8.86. The number of rotatable bonds is 3. The van der Waals surface area contributed by atoms with Crippen LogP contribution in [0.4, 0.5) is 11.4 Å². The van der Waals surface area contributed by atoms with Crippen molar-refractivity contribution in [3.05, 3.63) is 50.9 Å². The van der Waals surface area contributed by atoms with Crippen molar-refractivity contribution in [2.45, 2.75) is 20.3 Å². The minimum absolute atomic E-state index is 0.201. The molecule has 0 aliphatic rings. The fraction of sp³-hybridized carbons (Fsp3) is 0.176. The highest BCUT2D eigenvalue weighted by Crippen LogP contribution is 2.36. The summed E-state index contributed by atoms with van der Waals surface area (Å²) in [5.74, 6) is -0.201. The Labute approximate surface area is 146 Å². The van der Waals surface area contributed by atoms with Crippen molar-refractivity contribution >= 4 is 54.8 Å². The maximum absolute atomic E-state index is 12.6. The first-order chi connectivity index (χ1) is 11.0. The number of anilines is 2. The van der Waals surface area contributed by atoms with Gasteiger partial charge in [-0.05, 0) is 49.2 Å². The number of carbonyl (C=O) groups is 1. The summed E-state index contributed by atoms with van der Waals surface area (Å²) in [4.78, 5) is 18.4. The van der Waals surface area contributed by atoms with E-state index in [1.807, 2.05) is 37.3 Å². The third kappa shape index (κ3) is 3.09. The van der Waals surface area contributed by atoms with Gasteiger partial charge in [0.1, 0.15) is 9.71 Å². The van der Waals surface area contributed by atoms with Gasteiger partial charge < -0.3 is 11.1 Å². The van der Waals surface area contributed by atoms with E-state index in [-0.39, 0.29) is 5.91 Å². The van der Waals surface area contributed by atoms with E-state index in [4.69, 9.17) is 5.73 Å². The van der Waals surface area contributed by atoms with Crippen molar-refractivity contribution in [3.63, 3.8) is 0 Å². The van der Waals surface area contributed by atoms with Gasteiger partial charge in [0.05, 0.1) is 5.69 Å². The normalized spacial score (nSPS) is 10.9. The van der Waals surface area contributed by atoms with Crippen LogP contribution >= 0.6 is 27.3 Å². The van der Waals surface area contributed by atoms with Gasteiger partial charge in [-0.25, -0.2) is 4.98 Å². The molecule has 0 fully saturated rings. The van der Waals surface area contributed by atoms with Crippen LogP contribution in [0.5, 0.6) is 0 Å². The molecular formula is C17H16BrN3OS. The molecule has 0 aliphatic carbocycles. The molecule has 0 radical (unpaired) electrons. The number of aryl methyl sites for hydroxylation is 2. The van der Waals surface area contributed by atoms with Crippen LogP contribution in [0.15, 0.2) is 34.8 Å². The van der Waals surface area contributed by atoms with Crippen molar-refractivity contribution in [1.29, 1.82) is 0 Å². The summed E-state index contributed by atoms with van der Waals surface area (Å²) in [6.45, 7) is 4.03. The van der Waals surface area contributed by atoms with Gasteiger partial charge in [-0.15, -0.1) is 11.3 Å². The molecule has 0 atom stereocenters. The van der Waals surface area contributed by atoms with E-state index in [0.29, 0.717) is 10.6 Å². The number of nitrogens with one attached hydrogen (secondary N) is 1. The number of aromatic nitrogens is 1. The summed E-state index contributed by atoms with van der Waals surface area (Å²) < 4.78 is 0.962. The molecule has 0 saturated carbocycles. The Kier molecular flexibility index (Phi) is 4.37.